The first kappa shape index (κ1) is 6.05. The van der Waals surface area contributed by atoms with E-state index in [2.05, 4.69) is 6.92 Å². The summed E-state index contributed by atoms with van der Waals surface area (Å²) in [6.07, 6.45) is 2.75. The van der Waals surface area contributed by atoms with Gasteiger partial charge in [-0.25, -0.2) is 0 Å². The minimum Gasteiger partial charge on any atom is -0.396 e. The Bertz CT molecular complexity index is 72.9. The van der Waals surface area contributed by atoms with Crippen molar-refractivity contribution in [1.29, 1.82) is 0 Å². The van der Waals surface area contributed by atoms with Crippen molar-refractivity contribution in [2.75, 3.05) is 6.61 Å². The molecule has 1 aliphatic heterocycles. The van der Waals surface area contributed by atoms with E-state index in [0.717, 1.165) is 12.8 Å². The summed E-state index contributed by atoms with van der Waals surface area (Å²) in [6.45, 7) is 2.36. The van der Waals surface area contributed by atoms with Crippen molar-refractivity contribution in [3.63, 3.8) is 0 Å². The minimum absolute atomic E-state index is 0.265. The quantitative estimate of drug-likeness (QED) is 0.546. The third-order valence-corrected chi connectivity index (χ3v) is 1.50. The van der Waals surface area contributed by atoms with Gasteiger partial charge in [-0.15, -0.1) is 0 Å². The van der Waals surface area contributed by atoms with Crippen LogP contribution in [0, 0.1) is 0 Å². The highest BCUT2D eigenvalue weighted by atomic mass is 16.6. The molecule has 2 atom stereocenters. The molecule has 1 heterocycles. The zero-order chi connectivity index (χ0) is 5.98. The van der Waals surface area contributed by atoms with E-state index in [1.54, 1.807) is 0 Å². The van der Waals surface area contributed by atoms with Gasteiger partial charge in [-0.1, -0.05) is 6.92 Å². The number of epoxide rings is 1. The smallest absolute Gasteiger partial charge is 0.0863 e. The van der Waals surface area contributed by atoms with E-state index in [-0.39, 0.29) is 6.61 Å². The van der Waals surface area contributed by atoms with Crippen LogP contribution in [0.15, 0.2) is 0 Å². The zero-order valence-electron chi connectivity index (χ0n) is 5.13. The zero-order valence-corrected chi connectivity index (χ0v) is 5.13. The number of ether oxygens (including phenoxy) is 1. The lowest BCUT2D eigenvalue weighted by Crippen LogP contribution is -1.94. The summed E-state index contributed by atoms with van der Waals surface area (Å²) in [6, 6.07) is 0. The van der Waals surface area contributed by atoms with Gasteiger partial charge in [0.15, 0.2) is 0 Å². The molecule has 1 aliphatic rings. The first-order valence-electron chi connectivity index (χ1n) is 3.14. The van der Waals surface area contributed by atoms with Gasteiger partial charge in [0, 0.05) is 6.61 Å². The normalized spacial score (nSPS) is 35.2. The fraction of sp³-hybridized carbons (Fsp3) is 1.00. The average molecular weight is 116 g/mol. The predicted molar refractivity (Wildman–Crippen MR) is 30.7 cm³/mol. The maximum atomic E-state index is 8.41. The van der Waals surface area contributed by atoms with E-state index in [4.69, 9.17) is 9.84 Å². The van der Waals surface area contributed by atoms with Crippen LogP contribution < -0.4 is 0 Å². The van der Waals surface area contributed by atoms with Gasteiger partial charge in [-0.2, -0.15) is 0 Å². The molecule has 2 heteroatoms. The lowest BCUT2D eigenvalue weighted by Gasteiger charge is -1.84. The third-order valence-electron chi connectivity index (χ3n) is 1.50. The number of hydrogen-bond acceptors (Lipinski definition) is 2. The van der Waals surface area contributed by atoms with Crippen molar-refractivity contribution in [1.82, 2.24) is 0 Å². The summed E-state index contributed by atoms with van der Waals surface area (Å²) in [4.78, 5) is 0. The number of hydrogen-bond donors (Lipinski definition) is 1. The predicted octanol–water partition coefficient (Wildman–Crippen LogP) is 0.546. The second-order valence-corrected chi connectivity index (χ2v) is 2.13. The number of aliphatic hydroxyl groups is 1. The van der Waals surface area contributed by atoms with E-state index < -0.39 is 0 Å². The lowest BCUT2D eigenvalue weighted by atomic mass is 10.2. The monoisotopic (exact) mass is 116 g/mol. The second kappa shape index (κ2) is 2.46. The SMILES string of the molecule is CCC1O[C@H]1CCO. The molecule has 0 aliphatic carbocycles. The van der Waals surface area contributed by atoms with Crippen molar-refractivity contribution in [3.05, 3.63) is 0 Å². The molecule has 0 aromatic heterocycles. The molecule has 0 aromatic rings. The van der Waals surface area contributed by atoms with Gasteiger partial charge in [0.05, 0.1) is 12.2 Å². The second-order valence-electron chi connectivity index (χ2n) is 2.13. The van der Waals surface area contributed by atoms with E-state index in [0.29, 0.717) is 12.2 Å². The molecule has 0 radical (unpaired) electrons. The van der Waals surface area contributed by atoms with Gasteiger partial charge >= 0.3 is 0 Å². The largest absolute Gasteiger partial charge is 0.396 e. The molecule has 0 spiro atoms. The maximum absolute atomic E-state index is 8.41. The van der Waals surface area contributed by atoms with Gasteiger partial charge in [-0.3, -0.25) is 0 Å². The summed E-state index contributed by atoms with van der Waals surface area (Å²) >= 11 is 0. The molecule has 1 saturated heterocycles. The van der Waals surface area contributed by atoms with Crippen LogP contribution in [-0.4, -0.2) is 23.9 Å². The Labute approximate surface area is 49.5 Å². The molecule has 8 heavy (non-hydrogen) atoms. The highest BCUT2D eigenvalue weighted by Crippen LogP contribution is 2.27. The summed E-state index contributed by atoms with van der Waals surface area (Å²) < 4.78 is 5.15. The molecule has 48 valence electrons. The molecule has 1 fully saturated rings. The first-order chi connectivity index (χ1) is 3.88. The molecule has 0 bridgehead atoms. The third kappa shape index (κ3) is 1.20. The Morgan fingerprint density at radius 1 is 1.50 bits per heavy atom. The van der Waals surface area contributed by atoms with Crippen LogP contribution in [0.4, 0.5) is 0 Å². The fourth-order valence-corrected chi connectivity index (χ4v) is 0.919. The highest BCUT2D eigenvalue weighted by Gasteiger charge is 2.35. The molecule has 2 nitrogen and oxygen atoms in total. The van der Waals surface area contributed by atoms with E-state index in [9.17, 15) is 0 Å². The minimum atomic E-state index is 0.265. The van der Waals surface area contributed by atoms with Crippen molar-refractivity contribution < 1.29 is 9.84 Å². The van der Waals surface area contributed by atoms with Crippen LogP contribution in [-0.2, 0) is 4.74 Å². The van der Waals surface area contributed by atoms with Crippen LogP contribution in [0.5, 0.6) is 0 Å². The Hall–Kier alpha value is -0.0800. The molecule has 1 N–H and O–H groups in total. The van der Waals surface area contributed by atoms with Crippen LogP contribution in [0.25, 0.3) is 0 Å². The number of rotatable bonds is 3. The average Bonchev–Trinajstić information content (AvgIpc) is 2.48. The summed E-state index contributed by atoms with van der Waals surface area (Å²) in [5.41, 5.74) is 0. The van der Waals surface area contributed by atoms with Crippen molar-refractivity contribution in [2.24, 2.45) is 0 Å². The van der Waals surface area contributed by atoms with Gasteiger partial charge < -0.3 is 9.84 Å². The van der Waals surface area contributed by atoms with Crippen LogP contribution >= 0.6 is 0 Å². The topological polar surface area (TPSA) is 32.8 Å². The Morgan fingerprint density at radius 2 is 2.25 bits per heavy atom. The van der Waals surface area contributed by atoms with Crippen molar-refractivity contribution in [3.8, 4) is 0 Å². The summed E-state index contributed by atoms with van der Waals surface area (Å²) in [5, 5.41) is 8.41. The lowest BCUT2D eigenvalue weighted by molar-refractivity contribution is 0.262. The van der Waals surface area contributed by atoms with E-state index in [1.165, 1.54) is 0 Å². The summed E-state index contributed by atoms with van der Waals surface area (Å²) in [7, 11) is 0. The molecule has 0 saturated carbocycles. The Kier molecular flexibility index (Phi) is 1.86. The van der Waals surface area contributed by atoms with Gasteiger partial charge in [0.25, 0.3) is 0 Å². The van der Waals surface area contributed by atoms with Crippen LogP contribution in [0.3, 0.4) is 0 Å². The molecular weight excluding hydrogens is 104 g/mol. The number of aliphatic hydroxyl groups excluding tert-OH is 1. The van der Waals surface area contributed by atoms with Crippen LogP contribution in [0.2, 0.25) is 0 Å². The fourth-order valence-electron chi connectivity index (χ4n) is 0.919. The molecule has 0 amide bonds. The van der Waals surface area contributed by atoms with Crippen molar-refractivity contribution in [2.45, 2.75) is 32.0 Å². The van der Waals surface area contributed by atoms with Crippen LogP contribution in [0.1, 0.15) is 19.8 Å². The van der Waals surface area contributed by atoms with Gasteiger partial charge in [0.1, 0.15) is 0 Å². The standard InChI is InChI=1S/C6H12O2/c1-2-5-6(8-5)3-4-7/h5-7H,2-4H2,1H3/t5?,6-/m0/s1. The Balaban J connectivity index is 1.99. The summed E-state index contributed by atoms with van der Waals surface area (Å²) in [5.74, 6) is 0. The maximum Gasteiger partial charge on any atom is 0.0863 e. The van der Waals surface area contributed by atoms with Gasteiger partial charge in [-0.05, 0) is 12.8 Å². The highest BCUT2D eigenvalue weighted by molar-refractivity contribution is 4.82. The van der Waals surface area contributed by atoms with Gasteiger partial charge in [0.2, 0.25) is 0 Å². The Morgan fingerprint density at radius 3 is 2.62 bits per heavy atom. The first-order valence-corrected chi connectivity index (χ1v) is 3.14. The molecule has 1 rings (SSSR count). The van der Waals surface area contributed by atoms with E-state index in [1.807, 2.05) is 0 Å². The molecular formula is C6H12O2. The van der Waals surface area contributed by atoms with Crippen molar-refractivity contribution >= 4 is 0 Å². The molecule has 1 unspecified atom stereocenters. The molecule has 0 aromatic carbocycles. The van der Waals surface area contributed by atoms with E-state index >= 15 is 0 Å².